The first-order valence-corrected chi connectivity index (χ1v) is 12.9. The number of nitrogens with two attached hydrogens (primary N) is 1. The fourth-order valence-corrected chi connectivity index (χ4v) is 4.36. The third-order valence-corrected chi connectivity index (χ3v) is 6.81. The van der Waals surface area contributed by atoms with Crippen molar-refractivity contribution >= 4 is 34.6 Å². The molecule has 4 atom stereocenters. The summed E-state index contributed by atoms with van der Waals surface area (Å²) in [6, 6.07) is 11.1. The van der Waals surface area contributed by atoms with Crippen molar-refractivity contribution in [3.05, 3.63) is 81.0 Å². The van der Waals surface area contributed by atoms with Gasteiger partial charge in [-0.15, -0.1) is 0 Å². The summed E-state index contributed by atoms with van der Waals surface area (Å²) in [5.74, 6) is -4.08. The minimum absolute atomic E-state index is 0.0667. The fraction of sp³-hybridized carbons (Fsp3) is 0.357. The maximum absolute atomic E-state index is 13.7. The highest BCUT2D eigenvalue weighted by Gasteiger charge is 2.32. The summed E-state index contributed by atoms with van der Waals surface area (Å²) in [5.41, 5.74) is 4.69. The quantitative estimate of drug-likeness (QED) is 0.208. The van der Waals surface area contributed by atoms with Crippen molar-refractivity contribution in [3.8, 4) is 0 Å². The van der Waals surface area contributed by atoms with E-state index in [1.165, 1.54) is 6.07 Å². The fourth-order valence-electron chi connectivity index (χ4n) is 4.36. The molecule has 0 bridgehead atoms. The first kappa shape index (κ1) is 29.8. The lowest BCUT2D eigenvalue weighted by Gasteiger charge is -2.26. The van der Waals surface area contributed by atoms with Gasteiger partial charge in [-0.2, -0.15) is 0 Å². The van der Waals surface area contributed by atoms with Gasteiger partial charge >= 0.3 is 11.7 Å². The molecule has 0 saturated heterocycles. The SMILES string of the molecule is CCC(C)C(NC(=O)C(CCC(N)=O)NC(=O)C(Cc1ccccc1)n1c(=O)[nH]c2ccccc2c1=O)C(=O)O. The number of rotatable bonds is 13. The number of fused-ring (bicyclic) bond motifs is 1. The number of para-hydroxylation sites is 1. The van der Waals surface area contributed by atoms with Gasteiger partial charge < -0.3 is 26.5 Å². The zero-order valence-corrected chi connectivity index (χ0v) is 22.3. The van der Waals surface area contributed by atoms with E-state index in [0.29, 0.717) is 17.5 Å². The molecule has 40 heavy (non-hydrogen) atoms. The molecule has 6 N–H and O–H groups in total. The number of primary amides is 1. The van der Waals surface area contributed by atoms with Crippen LogP contribution in [0.1, 0.15) is 44.7 Å². The summed E-state index contributed by atoms with van der Waals surface area (Å²) < 4.78 is 0.799. The molecule has 0 aliphatic rings. The Hall–Kier alpha value is -4.74. The number of nitrogens with zero attached hydrogens (tertiary/aromatic N) is 1. The van der Waals surface area contributed by atoms with Crippen molar-refractivity contribution in [2.24, 2.45) is 11.7 Å². The average molecular weight is 552 g/mol. The maximum Gasteiger partial charge on any atom is 0.329 e. The van der Waals surface area contributed by atoms with Crippen LogP contribution in [0.4, 0.5) is 0 Å². The van der Waals surface area contributed by atoms with Gasteiger partial charge in [-0.05, 0) is 30.0 Å². The van der Waals surface area contributed by atoms with E-state index in [9.17, 15) is 33.9 Å². The molecule has 2 aromatic carbocycles. The molecular formula is C28H33N5O7. The first-order chi connectivity index (χ1) is 19.0. The van der Waals surface area contributed by atoms with Crippen molar-refractivity contribution < 1.29 is 24.3 Å². The Morgan fingerprint density at radius 3 is 2.25 bits per heavy atom. The van der Waals surface area contributed by atoms with Gasteiger partial charge in [0.2, 0.25) is 17.7 Å². The minimum Gasteiger partial charge on any atom is -0.480 e. The predicted octanol–water partition coefficient (Wildman–Crippen LogP) is 0.839. The molecule has 0 aliphatic carbocycles. The Morgan fingerprint density at radius 2 is 1.62 bits per heavy atom. The number of carboxylic acids is 1. The third-order valence-electron chi connectivity index (χ3n) is 6.81. The number of aromatic nitrogens is 2. The van der Waals surface area contributed by atoms with Crippen molar-refractivity contribution in [2.75, 3.05) is 0 Å². The second kappa shape index (κ2) is 13.4. The number of aliphatic carboxylic acids is 1. The lowest BCUT2D eigenvalue weighted by molar-refractivity contribution is -0.144. The second-order valence-corrected chi connectivity index (χ2v) is 9.63. The van der Waals surface area contributed by atoms with E-state index < -0.39 is 59.0 Å². The van der Waals surface area contributed by atoms with Crippen LogP contribution in [0.25, 0.3) is 10.9 Å². The van der Waals surface area contributed by atoms with Gasteiger partial charge in [-0.25, -0.2) is 14.2 Å². The standard InChI is InChI=1S/C28H33N5O7/c1-3-16(2)23(27(38)39)32-24(35)20(13-14-22(29)34)30-25(36)21(15-17-9-5-4-6-10-17)33-26(37)18-11-7-8-12-19(18)31-28(33)40/h4-12,16,20-21,23H,3,13-15H2,1-2H3,(H2,29,34)(H,30,36)(H,31,40)(H,32,35)(H,38,39). The predicted molar refractivity (Wildman–Crippen MR) is 147 cm³/mol. The van der Waals surface area contributed by atoms with Crippen molar-refractivity contribution in [1.82, 2.24) is 20.2 Å². The lowest BCUT2D eigenvalue weighted by atomic mass is 9.98. The highest BCUT2D eigenvalue weighted by Crippen LogP contribution is 2.15. The van der Waals surface area contributed by atoms with Crippen LogP contribution in [0.3, 0.4) is 0 Å². The van der Waals surface area contributed by atoms with Crippen LogP contribution in [0, 0.1) is 5.92 Å². The second-order valence-electron chi connectivity index (χ2n) is 9.63. The summed E-state index contributed by atoms with van der Waals surface area (Å²) in [4.78, 5) is 79.3. The third kappa shape index (κ3) is 7.22. The maximum atomic E-state index is 13.7. The molecule has 3 amide bonds. The van der Waals surface area contributed by atoms with Gasteiger partial charge in [0.15, 0.2) is 0 Å². The Morgan fingerprint density at radius 1 is 0.975 bits per heavy atom. The molecule has 4 unspecified atom stereocenters. The van der Waals surface area contributed by atoms with E-state index in [0.717, 1.165) is 4.57 Å². The molecule has 3 aromatic rings. The summed E-state index contributed by atoms with van der Waals surface area (Å²) in [5, 5.41) is 14.8. The molecular weight excluding hydrogens is 518 g/mol. The average Bonchev–Trinajstić information content (AvgIpc) is 2.93. The van der Waals surface area contributed by atoms with Crippen LogP contribution < -0.4 is 27.6 Å². The zero-order chi connectivity index (χ0) is 29.4. The van der Waals surface area contributed by atoms with Gasteiger partial charge in [0.25, 0.3) is 5.56 Å². The Balaban J connectivity index is 2.02. The molecule has 0 spiro atoms. The van der Waals surface area contributed by atoms with E-state index in [2.05, 4.69) is 15.6 Å². The smallest absolute Gasteiger partial charge is 0.329 e. The van der Waals surface area contributed by atoms with E-state index in [-0.39, 0.29) is 24.6 Å². The van der Waals surface area contributed by atoms with Gasteiger partial charge in [-0.3, -0.25) is 19.2 Å². The van der Waals surface area contributed by atoms with Gasteiger partial charge in [0, 0.05) is 12.8 Å². The number of hydrogen-bond donors (Lipinski definition) is 5. The van der Waals surface area contributed by atoms with Gasteiger partial charge in [0.05, 0.1) is 10.9 Å². The number of nitrogens with one attached hydrogen (secondary N) is 3. The molecule has 1 aromatic heterocycles. The number of amides is 3. The molecule has 0 saturated carbocycles. The van der Waals surface area contributed by atoms with Crippen LogP contribution in [-0.2, 0) is 25.6 Å². The minimum atomic E-state index is -1.38. The van der Waals surface area contributed by atoms with E-state index in [1.807, 2.05) is 0 Å². The van der Waals surface area contributed by atoms with Gasteiger partial charge in [-0.1, -0.05) is 62.7 Å². The van der Waals surface area contributed by atoms with Crippen molar-refractivity contribution in [2.45, 2.75) is 57.7 Å². The molecule has 12 heteroatoms. The molecule has 12 nitrogen and oxygen atoms in total. The topological polar surface area (TPSA) is 193 Å². The van der Waals surface area contributed by atoms with E-state index in [1.54, 1.807) is 62.4 Å². The summed E-state index contributed by atoms with van der Waals surface area (Å²) in [6.07, 6.45) is -0.106. The number of H-pyrrole nitrogens is 1. The number of carboxylic acid groups (broad SMARTS) is 1. The molecule has 0 aliphatic heterocycles. The molecule has 212 valence electrons. The Kier molecular flexibility index (Phi) is 9.96. The summed E-state index contributed by atoms with van der Waals surface area (Å²) in [7, 11) is 0. The Labute approximate surface area is 229 Å². The van der Waals surface area contributed by atoms with Crippen molar-refractivity contribution in [3.63, 3.8) is 0 Å². The molecule has 0 fully saturated rings. The van der Waals surface area contributed by atoms with E-state index in [4.69, 9.17) is 5.73 Å². The number of hydrogen-bond acceptors (Lipinski definition) is 6. The first-order valence-electron chi connectivity index (χ1n) is 12.9. The largest absolute Gasteiger partial charge is 0.480 e. The highest BCUT2D eigenvalue weighted by atomic mass is 16.4. The number of carbonyl (C=O) groups is 4. The molecule has 0 radical (unpaired) electrons. The van der Waals surface area contributed by atoms with Crippen LogP contribution in [-0.4, -0.2) is 50.4 Å². The van der Waals surface area contributed by atoms with Crippen LogP contribution in [0.5, 0.6) is 0 Å². The highest BCUT2D eigenvalue weighted by molar-refractivity contribution is 5.92. The van der Waals surface area contributed by atoms with Crippen LogP contribution >= 0.6 is 0 Å². The van der Waals surface area contributed by atoms with Crippen molar-refractivity contribution in [1.29, 1.82) is 0 Å². The summed E-state index contributed by atoms with van der Waals surface area (Å²) in [6.45, 7) is 3.43. The Bertz CT molecular complexity index is 1500. The molecule has 3 rings (SSSR count). The number of aromatic amines is 1. The zero-order valence-electron chi connectivity index (χ0n) is 22.3. The number of benzene rings is 2. The molecule has 1 heterocycles. The van der Waals surface area contributed by atoms with Crippen LogP contribution in [0.15, 0.2) is 64.2 Å². The van der Waals surface area contributed by atoms with E-state index >= 15 is 0 Å². The lowest BCUT2D eigenvalue weighted by Crippen LogP contribution is -2.55. The monoisotopic (exact) mass is 551 g/mol. The normalized spacial score (nSPS) is 14.1. The summed E-state index contributed by atoms with van der Waals surface area (Å²) >= 11 is 0. The van der Waals surface area contributed by atoms with Crippen LogP contribution in [0.2, 0.25) is 0 Å². The van der Waals surface area contributed by atoms with Gasteiger partial charge in [0.1, 0.15) is 18.1 Å². The number of carbonyl (C=O) groups excluding carboxylic acids is 3.